The van der Waals surface area contributed by atoms with Gasteiger partial charge in [-0.05, 0) is 17.9 Å². The highest BCUT2D eigenvalue weighted by Crippen LogP contribution is 2.36. The van der Waals surface area contributed by atoms with Crippen molar-refractivity contribution >= 4 is 19.8 Å². The number of rotatable bonds is 6. The summed E-state index contributed by atoms with van der Waals surface area (Å²) in [5.74, 6) is 0.956. The zero-order valence-corrected chi connectivity index (χ0v) is 14.9. The number of hydrogen-bond donors (Lipinski definition) is 2. The van der Waals surface area contributed by atoms with Crippen molar-refractivity contribution in [2.75, 3.05) is 12.4 Å². The fourth-order valence-electron chi connectivity index (χ4n) is 2.04. The second-order valence-corrected chi connectivity index (χ2v) is 13.2. The van der Waals surface area contributed by atoms with Crippen molar-refractivity contribution in [2.45, 2.75) is 38.0 Å². The Hall–Kier alpha value is -1.09. The number of nitrogens with one attached hydrogen (secondary N) is 1. The first-order chi connectivity index (χ1) is 10.3. The lowest BCUT2D eigenvalue weighted by molar-refractivity contribution is -0.0116. The number of aliphatic hydroxyl groups is 1. The first kappa shape index (κ1) is 17.3. The van der Waals surface area contributed by atoms with Gasteiger partial charge in [0.25, 0.3) is 5.56 Å². The van der Waals surface area contributed by atoms with Crippen LogP contribution in [0.1, 0.15) is 6.23 Å². The first-order valence-corrected chi connectivity index (χ1v) is 11.9. The molecule has 0 aromatic carbocycles. The largest absolute Gasteiger partial charge is 0.393 e. The molecule has 8 heteroatoms. The molecular weight excluding hydrogens is 320 g/mol. The normalized spacial score (nSPS) is 21.9. The number of aliphatic hydroxyl groups excluding tert-OH is 1. The molecule has 122 valence electrons. The van der Waals surface area contributed by atoms with Gasteiger partial charge in [-0.1, -0.05) is 19.6 Å². The Balaban J connectivity index is 2.17. The van der Waals surface area contributed by atoms with E-state index in [1.807, 2.05) is 6.08 Å². The van der Waals surface area contributed by atoms with E-state index in [1.165, 1.54) is 16.8 Å². The van der Waals surface area contributed by atoms with Crippen molar-refractivity contribution in [1.29, 1.82) is 0 Å². The molecule has 2 heterocycles. The molecular formula is C14H22N2O4SSi. The Morgan fingerprint density at radius 3 is 2.73 bits per heavy atom. The smallest absolute Gasteiger partial charge is 0.330 e. The highest BCUT2D eigenvalue weighted by atomic mass is 32.2. The lowest BCUT2D eigenvalue weighted by Gasteiger charge is -2.19. The summed E-state index contributed by atoms with van der Waals surface area (Å²) in [6, 6.07) is 2.45. The maximum Gasteiger partial charge on any atom is 0.330 e. The van der Waals surface area contributed by atoms with E-state index in [-0.39, 0.29) is 6.61 Å². The minimum atomic E-state index is -1.13. The highest BCUT2D eigenvalue weighted by molar-refractivity contribution is 8.03. The predicted molar refractivity (Wildman–Crippen MR) is 91.0 cm³/mol. The van der Waals surface area contributed by atoms with Crippen molar-refractivity contribution < 1.29 is 9.84 Å². The molecule has 0 fully saturated rings. The van der Waals surface area contributed by atoms with Gasteiger partial charge < -0.3 is 9.84 Å². The monoisotopic (exact) mass is 342 g/mol. The van der Waals surface area contributed by atoms with Gasteiger partial charge in [-0.3, -0.25) is 14.3 Å². The van der Waals surface area contributed by atoms with Gasteiger partial charge in [0.2, 0.25) is 0 Å². The van der Waals surface area contributed by atoms with E-state index in [0.29, 0.717) is 0 Å². The van der Waals surface area contributed by atoms with E-state index >= 15 is 0 Å². The first-order valence-electron chi connectivity index (χ1n) is 7.22. The Bertz CT molecular complexity index is 662. The van der Waals surface area contributed by atoms with Crippen LogP contribution in [0.3, 0.4) is 0 Å². The Labute approximate surface area is 134 Å². The average molecular weight is 342 g/mol. The molecule has 22 heavy (non-hydrogen) atoms. The standard InChI is InChI=1S/C14H22N2O4SSi/c1-22(2,3)7-6-21-11-8-10(9-17)20-13(11)16-5-4-12(18)15-14(16)19/h4-5,8,10,13,17H,6-7,9H2,1-3H3,(H,15,18,19)/t10-,13+/m0/s1. The van der Waals surface area contributed by atoms with Gasteiger partial charge in [0.1, 0.15) is 6.10 Å². The summed E-state index contributed by atoms with van der Waals surface area (Å²) in [4.78, 5) is 26.3. The molecule has 1 aromatic heterocycles. The third-order valence-corrected chi connectivity index (χ3v) is 6.49. The lowest BCUT2D eigenvalue weighted by atomic mass is 10.4. The molecule has 2 atom stereocenters. The summed E-state index contributed by atoms with van der Waals surface area (Å²) < 4.78 is 7.05. The minimum absolute atomic E-state index is 0.132. The summed E-state index contributed by atoms with van der Waals surface area (Å²) in [5.41, 5.74) is -0.942. The number of nitrogens with zero attached hydrogens (tertiary/aromatic N) is 1. The molecule has 0 unspecified atom stereocenters. The zero-order valence-electron chi connectivity index (χ0n) is 13.0. The van der Waals surface area contributed by atoms with Crippen molar-refractivity contribution in [3.05, 3.63) is 44.1 Å². The third-order valence-electron chi connectivity index (χ3n) is 3.30. The summed E-state index contributed by atoms with van der Waals surface area (Å²) in [5, 5.41) is 9.30. The van der Waals surface area contributed by atoms with Gasteiger partial charge in [0, 0.05) is 25.2 Å². The Kier molecular flexibility index (Phi) is 5.49. The predicted octanol–water partition coefficient (Wildman–Crippen LogP) is 1.38. The lowest BCUT2D eigenvalue weighted by Crippen LogP contribution is -2.32. The molecule has 0 radical (unpaired) electrons. The fraction of sp³-hybridized carbons (Fsp3) is 0.571. The van der Waals surface area contributed by atoms with Crippen molar-refractivity contribution in [2.24, 2.45) is 0 Å². The molecule has 0 bridgehead atoms. The molecule has 2 N–H and O–H groups in total. The SMILES string of the molecule is C[Si](C)(C)CCSC1=C[C@@H](CO)O[C@H]1n1ccc(=O)[nH]c1=O. The van der Waals surface area contributed by atoms with Crippen LogP contribution in [0.4, 0.5) is 0 Å². The van der Waals surface area contributed by atoms with Crippen molar-refractivity contribution in [3.8, 4) is 0 Å². The topological polar surface area (TPSA) is 84.3 Å². The highest BCUT2D eigenvalue weighted by Gasteiger charge is 2.29. The second-order valence-electron chi connectivity index (χ2n) is 6.46. The van der Waals surface area contributed by atoms with Gasteiger partial charge >= 0.3 is 5.69 Å². The van der Waals surface area contributed by atoms with Crippen molar-refractivity contribution in [1.82, 2.24) is 9.55 Å². The van der Waals surface area contributed by atoms with Gasteiger partial charge in [-0.25, -0.2) is 4.79 Å². The van der Waals surface area contributed by atoms with E-state index in [2.05, 4.69) is 24.6 Å². The van der Waals surface area contributed by atoms with Crippen LogP contribution < -0.4 is 11.2 Å². The maximum absolute atomic E-state index is 11.9. The summed E-state index contributed by atoms with van der Waals surface area (Å²) in [6.45, 7) is 6.81. The molecule has 1 aromatic rings. The minimum Gasteiger partial charge on any atom is -0.393 e. The summed E-state index contributed by atoms with van der Waals surface area (Å²) >= 11 is 1.65. The van der Waals surface area contributed by atoms with E-state index in [1.54, 1.807) is 11.8 Å². The summed E-state index contributed by atoms with van der Waals surface area (Å²) in [6.07, 6.45) is 2.29. The van der Waals surface area contributed by atoms with Gasteiger partial charge in [0.05, 0.1) is 6.61 Å². The molecule has 0 amide bonds. The average Bonchev–Trinajstić information content (AvgIpc) is 2.80. The molecule has 0 aliphatic carbocycles. The fourth-order valence-corrected chi connectivity index (χ4v) is 5.70. The van der Waals surface area contributed by atoms with E-state index in [9.17, 15) is 14.7 Å². The molecule has 0 spiro atoms. The van der Waals surface area contributed by atoms with Crippen molar-refractivity contribution in [3.63, 3.8) is 0 Å². The number of ether oxygens (including phenoxy) is 1. The Morgan fingerprint density at radius 2 is 2.14 bits per heavy atom. The number of aromatic nitrogens is 2. The number of thioether (sulfide) groups is 1. The maximum atomic E-state index is 11.9. The van der Waals surface area contributed by atoms with E-state index < -0.39 is 31.7 Å². The zero-order chi connectivity index (χ0) is 16.3. The van der Waals surface area contributed by atoms with E-state index in [4.69, 9.17) is 4.74 Å². The van der Waals surface area contributed by atoms with Crippen LogP contribution in [0.2, 0.25) is 25.7 Å². The second kappa shape index (κ2) is 6.99. The molecule has 0 saturated carbocycles. The third kappa shape index (κ3) is 4.45. The quantitative estimate of drug-likeness (QED) is 0.763. The van der Waals surface area contributed by atoms with Crippen LogP contribution in [0.15, 0.2) is 32.8 Å². The molecule has 2 rings (SSSR count). The van der Waals surface area contributed by atoms with Crippen LogP contribution in [0.5, 0.6) is 0 Å². The van der Waals surface area contributed by atoms with Crippen LogP contribution in [-0.2, 0) is 4.74 Å². The number of hydrogen-bond acceptors (Lipinski definition) is 5. The molecule has 1 aliphatic rings. The number of H-pyrrole nitrogens is 1. The van der Waals surface area contributed by atoms with Crippen LogP contribution in [-0.4, -0.2) is 41.2 Å². The van der Waals surface area contributed by atoms with Gasteiger partial charge in [-0.15, -0.1) is 11.8 Å². The molecule has 6 nitrogen and oxygen atoms in total. The van der Waals surface area contributed by atoms with Gasteiger partial charge in [0.15, 0.2) is 6.23 Å². The van der Waals surface area contributed by atoms with Crippen LogP contribution in [0.25, 0.3) is 0 Å². The van der Waals surface area contributed by atoms with E-state index in [0.717, 1.165) is 16.7 Å². The van der Waals surface area contributed by atoms with Crippen LogP contribution >= 0.6 is 11.8 Å². The summed E-state index contributed by atoms with van der Waals surface area (Å²) in [7, 11) is -1.13. The van der Waals surface area contributed by atoms with Gasteiger partial charge in [-0.2, -0.15) is 0 Å². The molecule has 0 saturated heterocycles. The number of aromatic amines is 1. The molecule has 1 aliphatic heterocycles. The van der Waals surface area contributed by atoms with Crippen LogP contribution in [0, 0.1) is 0 Å². The Morgan fingerprint density at radius 1 is 1.41 bits per heavy atom.